The number of anilines is 1. The van der Waals surface area contributed by atoms with Gasteiger partial charge in [0.15, 0.2) is 0 Å². The van der Waals surface area contributed by atoms with Crippen molar-refractivity contribution in [1.29, 1.82) is 0 Å². The highest BCUT2D eigenvalue weighted by molar-refractivity contribution is 6.30. The van der Waals surface area contributed by atoms with E-state index in [1.807, 2.05) is 37.3 Å². The van der Waals surface area contributed by atoms with Gasteiger partial charge < -0.3 is 5.32 Å². The van der Waals surface area contributed by atoms with E-state index in [0.29, 0.717) is 11.4 Å². The predicted molar refractivity (Wildman–Crippen MR) is 101 cm³/mol. The highest BCUT2D eigenvalue weighted by Crippen LogP contribution is 2.38. The Balaban J connectivity index is 1.84. The van der Waals surface area contributed by atoms with Crippen molar-refractivity contribution in [2.24, 2.45) is 0 Å². The first-order chi connectivity index (χ1) is 13.3. The van der Waals surface area contributed by atoms with E-state index in [2.05, 4.69) is 15.4 Å². The highest BCUT2D eigenvalue weighted by Gasteiger charge is 2.40. The third kappa shape index (κ3) is 3.49. The molecule has 2 heterocycles. The maximum Gasteiger partial charge on any atom is 0.453 e. The Labute approximate surface area is 164 Å². The van der Waals surface area contributed by atoms with Crippen LogP contribution in [0.1, 0.15) is 29.9 Å². The molecule has 4 nitrogen and oxygen atoms in total. The standard InChI is InChI=1S/C20H16ClF3N4/c1-12-16(11-13-5-3-2-4-6-13)17(14-7-9-15(21)10-8-14)28-19(25-12)26-18(27-28)20(22,23)24/h2-10,17H,11H2,1H3,(H,25,26,27)/t17-/m1/s1. The highest BCUT2D eigenvalue weighted by atomic mass is 35.5. The zero-order valence-corrected chi connectivity index (χ0v) is 15.6. The summed E-state index contributed by atoms with van der Waals surface area (Å²) in [6.45, 7) is 1.84. The number of aromatic nitrogens is 3. The molecule has 0 fully saturated rings. The first-order valence-electron chi connectivity index (χ1n) is 8.63. The lowest BCUT2D eigenvalue weighted by molar-refractivity contribution is -0.145. The summed E-state index contributed by atoms with van der Waals surface area (Å²) in [4.78, 5) is 3.66. The van der Waals surface area contributed by atoms with Crippen molar-refractivity contribution in [3.05, 3.63) is 87.8 Å². The third-order valence-electron chi connectivity index (χ3n) is 4.66. The van der Waals surface area contributed by atoms with Gasteiger partial charge in [-0.15, -0.1) is 5.10 Å². The SMILES string of the molecule is CC1=C(Cc2ccccc2)[C@@H](c2ccc(Cl)cc2)n2nc(C(F)(F)F)nc2N1. The topological polar surface area (TPSA) is 42.7 Å². The van der Waals surface area contributed by atoms with Crippen LogP contribution in [0.3, 0.4) is 0 Å². The Hall–Kier alpha value is -2.80. The van der Waals surface area contributed by atoms with Crippen molar-refractivity contribution >= 4 is 17.5 Å². The van der Waals surface area contributed by atoms with Gasteiger partial charge in [0.25, 0.3) is 5.82 Å². The van der Waals surface area contributed by atoms with Gasteiger partial charge in [-0.1, -0.05) is 54.1 Å². The van der Waals surface area contributed by atoms with Gasteiger partial charge in [0.2, 0.25) is 5.95 Å². The van der Waals surface area contributed by atoms with Crippen LogP contribution in [0.25, 0.3) is 0 Å². The summed E-state index contributed by atoms with van der Waals surface area (Å²) in [5, 5.41) is 7.31. The van der Waals surface area contributed by atoms with Crippen molar-refractivity contribution in [2.45, 2.75) is 25.6 Å². The van der Waals surface area contributed by atoms with Crippen LogP contribution in [0, 0.1) is 0 Å². The van der Waals surface area contributed by atoms with Gasteiger partial charge in [-0.3, -0.25) is 0 Å². The van der Waals surface area contributed by atoms with Crippen LogP contribution >= 0.6 is 11.6 Å². The molecule has 144 valence electrons. The van der Waals surface area contributed by atoms with Gasteiger partial charge in [0, 0.05) is 10.7 Å². The van der Waals surface area contributed by atoms with E-state index in [0.717, 1.165) is 22.4 Å². The summed E-state index contributed by atoms with van der Waals surface area (Å²) < 4.78 is 40.9. The Morgan fingerprint density at radius 3 is 2.39 bits per heavy atom. The fraction of sp³-hybridized carbons (Fsp3) is 0.200. The summed E-state index contributed by atoms with van der Waals surface area (Å²) in [5.41, 5.74) is 3.52. The smallest absolute Gasteiger partial charge is 0.328 e. The van der Waals surface area contributed by atoms with Crippen molar-refractivity contribution in [2.75, 3.05) is 5.32 Å². The molecule has 2 aromatic carbocycles. The molecule has 1 aromatic heterocycles. The molecule has 1 atom stereocenters. The molecule has 1 aliphatic heterocycles. The molecule has 4 rings (SSSR count). The van der Waals surface area contributed by atoms with Crippen molar-refractivity contribution in [3.63, 3.8) is 0 Å². The molecule has 1 aliphatic rings. The van der Waals surface area contributed by atoms with Crippen LogP contribution in [0.15, 0.2) is 65.9 Å². The molecule has 1 N–H and O–H groups in total. The van der Waals surface area contributed by atoms with Crippen LogP contribution in [-0.4, -0.2) is 14.8 Å². The summed E-state index contributed by atoms with van der Waals surface area (Å²) in [6.07, 6.45) is -4.06. The number of benzene rings is 2. The van der Waals surface area contributed by atoms with Gasteiger partial charge in [-0.2, -0.15) is 18.2 Å². The number of nitrogens with zero attached hydrogens (tertiary/aromatic N) is 3. The minimum absolute atomic E-state index is 0.0709. The number of alkyl halides is 3. The normalized spacial score (nSPS) is 16.7. The number of halogens is 4. The molecule has 0 radical (unpaired) electrons. The minimum Gasteiger partial charge on any atom is -0.328 e. The number of hydrogen-bond donors (Lipinski definition) is 1. The second kappa shape index (κ2) is 6.98. The summed E-state index contributed by atoms with van der Waals surface area (Å²) in [5.74, 6) is -1.09. The molecule has 28 heavy (non-hydrogen) atoms. The van der Waals surface area contributed by atoms with Gasteiger partial charge in [-0.05, 0) is 42.2 Å². The van der Waals surface area contributed by atoms with E-state index in [-0.39, 0.29) is 5.95 Å². The van der Waals surface area contributed by atoms with Gasteiger partial charge in [0.1, 0.15) is 6.04 Å². The van der Waals surface area contributed by atoms with E-state index in [9.17, 15) is 13.2 Å². The van der Waals surface area contributed by atoms with Crippen molar-refractivity contribution in [1.82, 2.24) is 14.8 Å². The van der Waals surface area contributed by atoms with E-state index in [1.54, 1.807) is 24.3 Å². The maximum atomic E-state index is 13.2. The Morgan fingerprint density at radius 1 is 1.07 bits per heavy atom. The lowest BCUT2D eigenvalue weighted by atomic mass is 9.91. The number of rotatable bonds is 3. The van der Waals surface area contributed by atoms with Crippen molar-refractivity contribution in [3.8, 4) is 0 Å². The third-order valence-corrected chi connectivity index (χ3v) is 4.92. The number of hydrogen-bond acceptors (Lipinski definition) is 3. The van der Waals surface area contributed by atoms with Crippen LogP contribution in [0.4, 0.5) is 19.1 Å². The minimum atomic E-state index is -4.62. The largest absolute Gasteiger partial charge is 0.453 e. The summed E-state index contributed by atoms with van der Waals surface area (Å²) >= 11 is 6.00. The van der Waals surface area contributed by atoms with E-state index in [1.165, 1.54) is 4.68 Å². The van der Waals surface area contributed by atoms with Gasteiger partial charge in [-0.25, -0.2) is 4.68 Å². The lowest BCUT2D eigenvalue weighted by Gasteiger charge is -2.29. The Morgan fingerprint density at radius 2 is 1.75 bits per heavy atom. The average molecular weight is 405 g/mol. The summed E-state index contributed by atoms with van der Waals surface area (Å²) in [7, 11) is 0. The number of nitrogens with one attached hydrogen (secondary N) is 1. The molecular formula is C20H16ClF3N4. The fourth-order valence-electron chi connectivity index (χ4n) is 3.34. The zero-order valence-electron chi connectivity index (χ0n) is 14.8. The molecule has 0 amide bonds. The molecule has 8 heteroatoms. The monoisotopic (exact) mass is 404 g/mol. The molecule has 0 unspecified atom stereocenters. The van der Waals surface area contributed by atoms with E-state index >= 15 is 0 Å². The van der Waals surface area contributed by atoms with E-state index in [4.69, 9.17) is 11.6 Å². The quantitative estimate of drug-likeness (QED) is 0.628. The number of fused-ring (bicyclic) bond motifs is 1. The summed E-state index contributed by atoms with van der Waals surface area (Å²) in [6, 6.07) is 16.3. The first kappa shape index (κ1) is 18.6. The molecule has 0 spiro atoms. The van der Waals surface area contributed by atoms with Crippen LogP contribution in [0.5, 0.6) is 0 Å². The fourth-order valence-corrected chi connectivity index (χ4v) is 3.47. The van der Waals surface area contributed by atoms with Crippen molar-refractivity contribution < 1.29 is 13.2 Å². The van der Waals surface area contributed by atoms with Gasteiger partial charge >= 0.3 is 6.18 Å². The Kier molecular flexibility index (Phi) is 4.63. The second-order valence-corrected chi connectivity index (χ2v) is 7.03. The molecule has 0 aliphatic carbocycles. The first-order valence-corrected chi connectivity index (χ1v) is 9.00. The van der Waals surface area contributed by atoms with E-state index < -0.39 is 18.0 Å². The zero-order chi connectivity index (χ0) is 19.9. The molecule has 0 bridgehead atoms. The molecule has 0 saturated carbocycles. The molecular weight excluding hydrogens is 389 g/mol. The molecule has 0 saturated heterocycles. The number of allylic oxidation sites excluding steroid dienone is 2. The average Bonchev–Trinajstić information content (AvgIpc) is 3.08. The Bertz CT molecular complexity index is 1020. The van der Waals surface area contributed by atoms with Crippen LogP contribution in [-0.2, 0) is 12.6 Å². The van der Waals surface area contributed by atoms with Crippen LogP contribution in [0.2, 0.25) is 5.02 Å². The maximum absolute atomic E-state index is 13.2. The predicted octanol–water partition coefficient (Wildman–Crippen LogP) is 5.48. The second-order valence-electron chi connectivity index (χ2n) is 6.59. The lowest BCUT2D eigenvalue weighted by Crippen LogP contribution is -2.26. The van der Waals surface area contributed by atoms with Crippen LogP contribution < -0.4 is 5.32 Å². The van der Waals surface area contributed by atoms with Gasteiger partial charge in [0.05, 0.1) is 0 Å². The molecule has 3 aromatic rings.